The van der Waals surface area contributed by atoms with Crippen molar-refractivity contribution in [3.63, 3.8) is 0 Å². The summed E-state index contributed by atoms with van der Waals surface area (Å²) in [5.74, 6) is 0.390. The number of ether oxygens (including phenoxy) is 1. The predicted molar refractivity (Wildman–Crippen MR) is 157 cm³/mol. The molecule has 37 heavy (non-hydrogen) atoms. The minimum Gasteiger partial charge on any atom is -0.404 e. The quantitative estimate of drug-likeness (QED) is 0.231. The molecule has 3 rings (SSSR count). The van der Waals surface area contributed by atoms with E-state index < -0.39 is 8.32 Å². The first-order valence-corrected chi connectivity index (χ1v) is 15.5. The first-order valence-electron chi connectivity index (χ1n) is 13.6. The van der Waals surface area contributed by atoms with Crippen LogP contribution in [0.3, 0.4) is 0 Å². The number of hydrogen-bond acceptors (Lipinski definition) is 3. The van der Waals surface area contributed by atoms with Crippen molar-refractivity contribution in [2.45, 2.75) is 84.7 Å². The second-order valence-electron chi connectivity index (χ2n) is 11.3. The molecule has 0 saturated carbocycles. The molecule has 0 heterocycles. The number of carbonyl (C=O) groups excluding carboxylic acids is 1. The van der Waals surface area contributed by atoms with E-state index in [0.717, 1.165) is 12.0 Å². The van der Waals surface area contributed by atoms with Gasteiger partial charge in [-0.1, -0.05) is 126 Å². The Hall–Kier alpha value is -2.53. The fourth-order valence-corrected chi connectivity index (χ4v) is 10.1. The van der Waals surface area contributed by atoms with Crippen molar-refractivity contribution in [3.05, 3.63) is 96.6 Å². The highest BCUT2D eigenvalue weighted by Crippen LogP contribution is 2.38. The zero-order valence-electron chi connectivity index (χ0n) is 23.4. The molecule has 0 aliphatic heterocycles. The Morgan fingerprint density at radius 2 is 1.27 bits per heavy atom. The van der Waals surface area contributed by atoms with Crippen LogP contribution in [-0.4, -0.2) is 26.3 Å². The Morgan fingerprint density at radius 3 is 1.73 bits per heavy atom. The molecule has 0 aliphatic carbocycles. The first-order chi connectivity index (χ1) is 17.7. The molecule has 0 bridgehead atoms. The van der Waals surface area contributed by atoms with Gasteiger partial charge in [0.25, 0.3) is 8.32 Å². The molecule has 0 amide bonds. The zero-order chi connectivity index (χ0) is 26.9. The minimum absolute atomic E-state index is 0.0528. The summed E-state index contributed by atoms with van der Waals surface area (Å²) in [5, 5.41) is 2.36. The normalized spacial score (nSPS) is 14.6. The van der Waals surface area contributed by atoms with Gasteiger partial charge in [0, 0.05) is 18.9 Å². The number of ketones is 1. The molecule has 0 spiro atoms. The van der Waals surface area contributed by atoms with Crippen LogP contribution in [0.2, 0.25) is 5.04 Å². The van der Waals surface area contributed by atoms with E-state index in [0.29, 0.717) is 19.4 Å². The van der Waals surface area contributed by atoms with Crippen molar-refractivity contribution in [2.24, 2.45) is 5.92 Å². The second-order valence-corrected chi connectivity index (χ2v) is 15.5. The summed E-state index contributed by atoms with van der Waals surface area (Å²) >= 11 is 0. The minimum atomic E-state index is -2.67. The van der Waals surface area contributed by atoms with Gasteiger partial charge in [0.2, 0.25) is 0 Å². The van der Waals surface area contributed by atoms with Crippen molar-refractivity contribution in [3.8, 4) is 0 Å². The lowest BCUT2D eigenvalue weighted by atomic mass is 9.94. The smallest absolute Gasteiger partial charge is 0.261 e. The number of Topliss-reactive ketones (excluding diaryl/α,β-unsaturated/α-hetero) is 1. The summed E-state index contributed by atoms with van der Waals surface area (Å²) in [6.07, 6.45) is 1.66. The molecule has 3 aromatic rings. The molecule has 0 radical (unpaired) electrons. The summed E-state index contributed by atoms with van der Waals surface area (Å²) in [5.41, 5.74) is 1.16. The SMILES string of the molecule is CC[C@@H](OCc1ccccc1)[C@@H](C)CC(=O)C[C@@H](C)O[Si](c1ccccc1)(c1ccccc1)C(C)(C)C. The predicted octanol–water partition coefficient (Wildman–Crippen LogP) is 6.93. The summed E-state index contributed by atoms with van der Waals surface area (Å²) in [7, 11) is -2.67. The molecule has 3 nitrogen and oxygen atoms in total. The first kappa shape index (κ1) is 29.0. The Labute approximate surface area is 225 Å². The zero-order valence-corrected chi connectivity index (χ0v) is 24.4. The summed E-state index contributed by atoms with van der Waals surface area (Å²) in [6, 6.07) is 31.4. The van der Waals surface area contributed by atoms with E-state index in [-0.39, 0.29) is 28.9 Å². The summed E-state index contributed by atoms with van der Waals surface area (Å²) in [4.78, 5) is 13.2. The number of carbonyl (C=O) groups is 1. The van der Waals surface area contributed by atoms with Crippen molar-refractivity contribution >= 4 is 24.5 Å². The van der Waals surface area contributed by atoms with Crippen LogP contribution in [0.5, 0.6) is 0 Å². The molecular formula is C33H44O3Si. The fraction of sp³-hybridized carbons (Fsp3) is 0.424. The molecule has 0 unspecified atom stereocenters. The Kier molecular flexibility index (Phi) is 10.4. The maximum absolute atomic E-state index is 13.2. The Bertz CT molecular complexity index is 1040. The molecule has 0 aliphatic rings. The molecule has 4 heteroatoms. The van der Waals surface area contributed by atoms with Gasteiger partial charge in [-0.15, -0.1) is 0 Å². The fourth-order valence-electron chi connectivity index (χ4n) is 5.39. The number of rotatable bonds is 13. The third kappa shape index (κ3) is 7.50. The van der Waals surface area contributed by atoms with Gasteiger partial charge in [0.05, 0.1) is 12.7 Å². The second kappa shape index (κ2) is 13.3. The van der Waals surface area contributed by atoms with E-state index in [1.165, 1.54) is 10.4 Å². The van der Waals surface area contributed by atoms with Crippen LogP contribution < -0.4 is 10.4 Å². The monoisotopic (exact) mass is 516 g/mol. The average Bonchev–Trinajstić information content (AvgIpc) is 2.88. The lowest BCUT2D eigenvalue weighted by molar-refractivity contribution is -0.122. The third-order valence-electron chi connectivity index (χ3n) is 7.20. The van der Waals surface area contributed by atoms with Gasteiger partial charge in [-0.05, 0) is 40.2 Å². The highest BCUT2D eigenvalue weighted by molar-refractivity contribution is 6.99. The largest absolute Gasteiger partial charge is 0.404 e. The molecule has 0 fully saturated rings. The van der Waals surface area contributed by atoms with Crippen molar-refractivity contribution in [1.29, 1.82) is 0 Å². The number of benzene rings is 3. The topological polar surface area (TPSA) is 35.5 Å². The third-order valence-corrected chi connectivity index (χ3v) is 12.4. The maximum Gasteiger partial charge on any atom is 0.261 e. The van der Waals surface area contributed by atoms with Crippen molar-refractivity contribution in [1.82, 2.24) is 0 Å². The van der Waals surface area contributed by atoms with E-state index in [1.807, 2.05) is 18.2 Å². The molecule has 198 valence electrons. The van der Waals surface area contributed by atoms with E-state index in [1.54, 1.807) is 0 Å². The number of hydrogen-bond donors (Lipinski definition) is 0. The van der Waals surface area contributed by atoms with E-state index in [9.17, 15) is 4.79 Å². The van der Waals surface area contributed by atoms with Gasteiger partial charge in [0.15, 0.2) is 0 Å². The Balaban J connectivity index is 1.72. The molecule has 0 aromatic heterocycles. The summed E-state index contributed by atoms with van der Waals surface area (Å²) < 4.78 is 13.3. The van der Waals surface area contributed by atoms with Gasteiger partial charge >= 0.3 is 0 Å². The average molecular weight is 517 g/mol. The van der Waals surface area contributed by atoms with Gasteiger partial charge in [-0.3, -0.25) is 4.79 Å². The van der Waals surface area contributed by atoms with E-state index >= 15 is 0 Å². The van der Waals surface area contributed by atoms with Gasteiger partial charge in [-0.2, -0.15) is 0 Å². The van der Waals surface area contributed by atoms with Gasteiger partial charge in [0.1, 0.15) is 5.78 Å². The Morgan fingerprint density at radius 1 is 0.784 bits per heavy atom. The lowest BCUT2D eigenvalue weighted by Crippen LogP contribution is -2.67. The molecule has 3 atom stereocenters. The van der Waals surface area contributed by atoms with Gasteiger partial charge in [-0.25, -0.2) is 0 Å². The standard InChI is InChI=1S/C33H44O3Si/c1-7-32(35-25-28-17-11-8-12-18-28)26(2)23-29(34)24-27(3)36-37(33(4,5)6,30-19-13-9-14-20-30)31-21-15-10-16-22-31/h8-22,26-27,32H,7,23-25H2,1-6H3/t26-,27+,32+/m0/s1. The van der Waals surface area contributed by atoms with Gasteiger partial charge < -0.3 is 9.16 Å². The lowest BCUT2D eigenvalue weighted by Gasteiger charge is -2.44. The van der Waals surface area contributed by atoms with Crippen LogP contribution in [0.25, 0.3) is 0 Å². The van der Waals surface area contributed by atoms with E-state index in [4.69, 9.17) is 9.16 Å². The van der Waals surface area contributed by atoms with Crippen LogP contribution in [0.1, 0.15) is 66.4 Å². The molecule has 3 aromatic carbocycles. The molecular weight excluding hydrogens is 472 g/mol. The molecule has 0 N–H and O–H groups in total. The van der Waals surface area contributed by atoms with Crippen LogP contribution in [-0.2, 0) is 20.6 Å². The summed E-state index contributed by atoms with van der Waals surface area (Å²) in [6.45, 7) is 13.7. The van der Waals surface area contributed by atoms with Crippen molar-refractivity contribution in [2.75, 3.05) is 0 Å². The highest BCUT2D eigenvalue weighted by Gasteiger charge is 2.51. The van der Waals surface area contributed by atoms with Crippen LogP contribution in [0.15, 0.2) is 91.0 Å². The van der Waals surface area contributed by atoms with Crippen LogP contribution in [0, 0.1) is 5.92 Å². The highest BCUT2D eigenvalue weighted by atomic mass is 28.4. The van der Waals surface area contributed by atoms with Crippen LogP contribution in [0.4, 0.5) is 0 Å². The van der Waals surface area contributed by atoms with Crippen molar-refractivity contribution < 1.29 is 14.0 Å². The van der Waals surface area contributed by atoms with Crippen LogP contribution >= 0.6 is 0 Å². The molecule has 0 saturated heterocycles. The van der Waals surface area contributed by atoms with E-state index in [2.05, 4.69) is 114 Å². The maximum atomic E-state index is 13.2.